The Morgan fingerprint density at radius 2 is 2.29 bits per heavy atom. The van der Waals surface area contributed by atoms with E-state index >= 15 is 0 Å². The fourth-order valence-electron chi connectivity index (χ4n) is 1.46. The maximum absolute atomic E-state index is 10.9. The summed E-state index contributed by atoms with van der Waals surface area (Å²) in [5.41, 5.74) is 2.27. The van der Waals surface area contributed by atoms with Crippen LogP contribution in [0.15, 0.2) is 24.3 Å². The van der Waals surface area contributed by atoms with Crippen molar-refractivity contribution >= 4 is 6.29 Å². The van der Waals surface area contributed by atoms with Gasteiger partial charge < -0.3 is 9.53 Å². The van der Waals surface area contributed by atoms with Gasteiger partial charge in [-0.3, -0.25) is 0 Å². The van der Waals surface area contributed by atoms with E-state index < -0.39 is 0 Å². The monoisotopic (exact) mass is 192 g/mol. The van der Waals surface area contributed by atoms with E-state index in [-0.39, 0.29) is 5.92 Å². The van der Waals surface area contributed by atoms with Gasteiger partial charge in [-0.25, -0.2) is 0 Å². The van der Waals surface area contributed by atoms with Gasteiger partial charge >= 0.3 is 0 Å². The molecule has 76 valence electrons. The Hall–Kier alpha value is -1.15. The number of methoxy groups -OCH3 is 1. The van der Waals surface area contributed by atoms with Crippen LogP contribution in [0.4, 0.5) is 0 Å². The molecule has 0 heterocycles. The highest BCUT2D eigenvalue weighted by molar-refractivity contribution is 5.62. The molecule has 1 aromatic rings. The van der Waals surface area contributed by atoms with Crippen LogP contribution < -0.4 is 0 Å². The second kappa shape index (κ2) is 5.55. The second-order valence-electron chi connectivity index (χ2n) is 3.44. The van der Waals surface area contributed by atoms with Crippen molar-refractivity contribution in [3.8, 4) is 0 Å². The fraction of sp³-hybridized carbons (Fsp3) is 0.417. The first kappa shape index (κ1) is 10.9. The summed E-state index contributed by atoms with van der Waals surface area (Å²) in [6, 6.07) is 8.05. The summed E-state index contributed by atoms with van der Waals surface area (Å²) in [4.78, 5) is 10.9. The summed E-state index contributed by atoms with van der Waals surface area (Å²) in [5, 5.41) is 0. The zero-order valence-corrected chi connectivity index (χ0v) is 8.69. The van der Waals surface area contributed by atoms with Crippen molar-refractivity contribution in [3.05, 3.63) is 35.4 Å². The summed E-state index contributed by atoms with van der Waals surface area (Å²) >= 11 is 0. The van der Waals surface area contributed by atoms with Crippen LogP contribution in [-0.2, 0) is 9.53 Å². The molecule has 1 unspecified atom stereocenters. The Kier molecular flexibility index (Phi) is 4.33. The number of aryl methyl sites for hydroxylation is 1. The highest BCUT2D eigenvalue weighted by Gasteiger charge is 2.09. The van der Waals surface area contributed by atoms with E-state index in [9.17, 15) is 4.79 Å². The number of carbonyl (C=O) groups is 1. The molecule has 0 saturated carbocycles. The average Bonchev–Trinajstić information content (AvgIpc) is 2.19. The van der Waals surface area contributed by atoms with E-state index in [4.69, 9.17) is 4.74 Å². The minimum Gasteiger partial charge on any atom is -0.385 e. The second-order valence-corrected chi connectivity index (χ2v) is 3.44. The van der Waals surface area contributed by atoms with E-state index in [1.54, 1.807) is 7.11 Å². The van der Waals surface area contributed by atoms with Gasteiger partial charge in [-0.2, -0.15) is 0 Å². The molecule has 1 atom stereocenters. The van der Waals surface area contributed by atoms with Gasteiger partial charge in [0, 0.05) is 19.6 Å². The van der Waals surface area contributed by atoms with Crippen molar-refractivity contribution in [2.24, 2.45) is 0 Å². The smallest absolute Gasteiger partial charge is 0.127 e. The van der Waals surface area contributed by atoms with Gasteiger partial charge in [0.2, 0.25) is 0 Å². The van der Waals surface area contributed by atoms with Crippen LogP contribution in [0, 0.1) is 6.92 Å². The lowest BCUT2D eigenvalue weighted by Gasteiger charge is -2.10. The maximum Gasteiger partial charge on any atom is 0.127 e. The van der Waals surface area contributed by atoms with Crippen LogP contribution in [0.2, 0.25) is 0 Å². The van der Waals surface area contributed by atoms with Crippen LogP contribution in [0.5, 0.6) is 0 Å². The van der Waals surface area contributed by atoms with Gasteiger partial charge in [0.1, 0.15) is 6.29 Å². The molecular weight excluding hydrogens is 176 g/mol. The van der Waals surface area contributed by atoms with Crippen LogP contribution >= 0.6 is 0 Å². The molecule has 0 aliphatic heterocycles. The van der Waals surface area contributed by atoms with Gasteiger partial charge in [0.15, 0.2) is 0 Å². The molecule has 1 aromatic carbocycles. The summed E-state index contributed by atoms with van der Waals surface area (Å²) in [6.07, 6.45) is 1.75. The van der Waals surface area contributed by atoms with Crippen LogP contribution in [0.1, 0.15) is 23.5 Å². The molecular formula is C12H16O2. The molecule has 2 nitrogen and oxygen atoms in total. The number of hydrogen-bond acceptors (Lipinski definition) is 2. The number of benzene rings is 1. The molecule has 0 aromatic heterocycles. The van der Waals surface area contributed by atoms with E-state index in [2.05, 4.69) is 6.07 Å². The van der Waals surface area contributed by atoms with Gasteiger partial charge in [-0.1, -0.05) is 29.8 Å². The fourth-order valence-corrected chi connectivity index (χ4v) is 1.46. The minimum absolute atomic E-state index is 0.0325. The van der Waals surface area contributed by atoms with E-state index in [1.807, 2.05) is 25.1 Å². The van der Waals surface area contributed by atoms with Crippen LogP contribution in [0.25, 0.3) is 0 Å². The number of hydrogen-bond donors (Lipinski definition) is 0. The lowest BCUT2D eigenvalue weighted by molar-refractivity contribution is -0.109. The molecule has 0 aliphatic rings. The van der Waals surface area contributed by atoms with Gasteiger partial charge in [0.25, 0.3) is 0 Å². The highest BCUT2D eigenvalue weighted by Crippen LogP contribution is 2.18. The highest BCUT2D eigenvalue weighted by atomic mass is 16.5. The molecule has 0 radical (unpaired) electrons. The van der Waals surface area contributed by atoms with Crippen LogP contribution in [0.3, 0.4) is 0 Å². The molecule has 2 heteroatoms. The first-order valence-corrected chi connectivity index (χ1v) is 4.78. The number of rotatable bonds is 5. The number of aldehydes is 1. The lowest BCUT2D eigenvalue weighted by atomic mass is 9.96. The zero-order valence-electron chi connectivity index (χ0n) is 8.69. The molecule has 0 N–H and O–H groups in total. The Morgan fingerprint density at radius 1 is 1.50 bits per heavy atom. The predicted octanol–water partition coefficient (Wildman–Crippen LogP) is 2.31. The average molecular weight is 192 g/mol. The van der Waals surface area contributed by atoms with Gasteiger partial charge in [-0.15, -0.1) is 0 Å². The lowest BCUT2D eigenvalue weighted by Crippen LogP contribution is -2.04. The van der Waals surface area contributed by atoms with Gasteiger partial charge in [0.05, 0.1) is 0 Å². The topological polar surface area (TPSA) is 26.3 Å². The number of ether oxygens (including phenoxy) is 1. The summed E-state index contributed by atoms with van der Waals surface area (Å²) in [5.74, 6) is -0.0325. The van der Waals surface area contributed by atoms with Crippen molar-refractivity contribution in [2.75, 3.05) is 13.7 Å². The summed E-state index contributed by atoms with van der Waals surface area (Å²) in [7, 11) is 1.65. The first-order chi connectivity index (χ1) is 6.77. The van der Waals surface area contributed by atoms with Gasteiger partial charge in [-0.05, 0) is 18.9 Å². The SMILES string of the molecule is COCCC(C=O)c1cccc(C)c1. The standard InChI is InChI=1S/C12H16O2/c1-10-4-3-5-11(8-10)12(9-13)6-7-14-2/h3-5,8-9,12H,6-7H2,1-2H3. The predicted molar refractivity (Wildman–Crippen MR) is 56.5 cm³/mol. The van der Waals surface area contributed by atoms with Crippen molar-refractivity contribution in [3.63, 3.8) is 0 Å². The molecule has 0 amide bonds. The Morgan fingerprint density at radius 3 is 2.86 bits per heavy atom. The van der Waals surface area contributed by atoms with Crippen molar-refractivity contribution in [2.45, 2.75) is 19.3 Å². The Balaban J connectivity index is 2.73. The molecule has 0 saturated heterocycles. The summed E-state index contributed by atoms with van der Waals surface area (Å²) in [6.45, 7) is 2.65. The van der Waals surface area contributed by atoms with Crippen molar-refractivity contribution in [1.29, 1.82) is 0 Å². The Labute approximate surface area is 84.9 Å². The molecule has 0 spiro atoms. The third-order valence-corrected chi connectivity index (χ3v) is 2.27. The normalized spacial score (nSPS) is 12.4. The Bertz CT molecular complexity index is 294. The quantitative estimate of drug-likeness (QED) is 0.669. The van der Waals surface area contributed by atoms with Crippen molar-refractivity contribution < 1.29 is 9.53 Å². The molecule has 0 aliphatic carbocycles. The molecule has 1 rings (SSSR count). The summed E-state index contributed by atoms with van der Waals surface area (Å²) < 4.78 is 4.97. The van der Waals surface area contributed by atoms with E-state index in [0.717, 1.165) is 18.3 Å². The van der Waals surface area contributed by atoms with Crippen molar-refractivity contribution in [1.82, 2.24) is 0 Å². The van der Waals surface area contributed by atoms with Crippen LogP contribution in [-0.4, -0.2) is 20.0 Å². The molecule has 14 heavy (non-hydrogen) atoms. The van der Waals surface area contributed by atoms with E-state index in [0.29, 0.717) is 6.61 Å². The van der Waals surface area contributed by atoms with E-state index in [1.165, 1.54) is 5.56 Å². The first-order valence-electron chi connectivity index (χ1n) is 4.78. The largest absolute Gasteiger partial charge is 0.385 e. The molecule has 0 fully saturated rings. The zero-order chi connectivity index (χ0) is 10.4. The molecule has 0 bridgehead atoms. The minimum atomic E-state index is -0.0325. The third kappa shape index (κ3) is 2.96. The number of carbonyl (C=O) groups excluding carboxylic acids is 1. The third-order valence-electron chi connectivity index (χ3n) is 2.27. The maximum atomic E-state index is 10.9.